The Hall–Kier alpha value is -0.400. The molecule has 0 amide bonds. The summed E-state index contributed by atoms with van der Waals surface area (Å²) in [6.07, 6.45) is 0.875. The van der Waals surface area contributed by atoms with Gasteiger partial charge in [-0.1, -0.05) is 0 Å². The van der Waals surface area contributed by atoms with Crippen molar-refractivity contribution in [2.24, 2.45) is 0 Å². The molecule has 0 aromatic carbocycles. The molecule has 0 aliphatic carbocycles. The summed E-state index contributed by atoms with van der Waals surface area (Å²) in [5.74, 6) is -0.461. The van der Waals surface area contributed by atoms with Crippen molar-refractivity contribution in [3.05, 3.63) is 11.9 Å². The van der Waals surface area contributed by atoms with E-state index in [1.165, 1.54) is 6.92 Å². The third-order valence-corrected chi connectivity index (χ3v) is 0.358. The molecule has 0 fully saturated rings. The van der Waals surface area contributed by atoms with Gasteiger partial charge in [-0.2, -0.15) is 0 Å². The Morgan fingerprint density at radius 2 is 2.33 bits per heavy atom. The van der Waals surface area contributed by atoms with E-state index >= 15 is 0 Å². The molecule has 0 saturated carbocycles. The van der Waals surface area contributed by atoms with E-state index in [0.717, 1.165) is 6.08 Å². The molecule has 0 rings (SSSR count). The van der Waals surface area contributed by atoms with Crippen LogP contribution in [0.15, 0.2) is 11.9 Å². The molecular weight excluding hydrogens is 86.0 g/mol. The lowest BCUT2D eigenvalue weighted by molar-refractivity contribution is 0.543. The van der Waals surface area contributed by atoms with E-state index < -0.39 is 12.5 Å². The lowest BCUT2D eigenvalue weighted by atomic mass is 10.5. The van der Waals surface area contributed by atoms with Crippen LogP contribution in [-0.2, 0) is 0 Å². The standard InChI is InChI=1S/C4H6F2/c1-4(6)2-3-5/h2H,3H2,1H3/b4-2+. The van der Waals surface area contributed by atoms with Crippen molar-refractivity contribution < 1.29 is 8.78 Å². The van der Waals surface area contributed by atoms with Crippen LogP contribution < -0.4 is 0 Å². The Balaban J connectivity index is 3.14. The Bertz CT molecular complexity index is 52.6. The van der Waals surface area contributed by atoms with Crippen LogP contribution in [-0.4, -0.2) is 6.67 Å². The molecule has 0 unspecified atom stereocenters. The molecule has 0 spiro atoms. The van der Waals surface area contributed by atoms with E-state index in [4.69, 9.17) is 0 Å². The minimum atomic E-state index is -0.706. The van der Waals surface area contributed by atoms with Crippen molar-refractivity contribution in [2.75, 3.05) is 6.67 Å². The van der Waals surface area contributed by atoms with Gasteiger partial charge in [0.1, 0.15) is 6.67 Å². The highest BCUT2D eigenvalue weighted by atomic mass is 19.1. The maximum atomic E-state index is 11.3. The number of allylic oxidation sites excluding steroid dienone is 2. The average molecular weight is 92.1 g/mol. The van der Waals surface area contributed by atoms with Gasteiger partial charge >= 0.3 is 0 Å². The Morgan fingerprint density at radius 1 is 1.83 bits per heavy atom. The van der Waals surface area contributed by atoms with E-state index in [1.807, 2.05) is 0 Å². The van der Waals surface area contributed by atoms with Crippen LogP contribution in [0, 0.1) is 0 Å². The van der Waals surface area contributed by atoms with E-state index in [0.29, 0.717) is 0 Å². The fourth-order valence-corrected chi connectivity index (χ4v) is 0.106. The zero-order valence-electron chi connectivity index (χ0n) is 3.54. The summed E-state index contributed by atoms with van der Waals surface area (Å²) >= 11 is 0. The molecule has 0 aromatic rings. The first-order chi connectivity index (χ1) is 2.77. The first kappa shape index (κ1) is 5.60. The summed E-state index contributed by atoms with van der Waals surface area (Å²) in [6.45, 7) is 0.502. The SMILES string of the molecule is C/C(F)=C\CF. The molecule has 6 heavy (non-hydrogen) atoms. The van der Waals surface area contributed by atoms with Crippen molar-refractivity contribution in [1.29, 1.82) is 0 Å². The minimum absolute atomic E-state index is 0.461. The molecule has 0 atom stereocenters. The summed E-state index contributed by atoms with van der Waals surface area (Å²) in [5, 5.41) is 0. The molecule has 0 aliphatic rings. The predicted molar refractivity (Wildman–Crippen MR) is 20.8 cm³/mol. The Morgan fingerprint density at radius 3 is 2.33 bits per heavy atom. The fraction of sp³-hybridized carbons (Fsp3) is 0.500. The molecule has 0 heterocycles. The summed E-state index contributed by atoms with van der Waals surface area (Å²) in [7, 11) is 0. The predicted octanol–water partition coefficient (Wildman–Crippen LogP) is 1.83. The van der Waals surface area contributed by atoms with Gasteiger partial charge in [-0.3, -0.25) is 0 Å². The number of hydrogen-bond donors (Lipinski definition) is 0. The van der Waals surface area contributed by atoms with Crippen LogP contribution in [0.1, 0.15) is 6.92 Å². The van der Waals surface area contributed by atoms with Gasteiger partial charge in [0.2, 0.25) is 0 Å². The first-order valence-corrected chi connectivity index (χ1v) is 1.65. The largest absolute Gasteiger partial charge is 0.246 e. The molecule has 0 saturated heterocycles. The van der Waals surface area contributed by atoms with E-state index in [2.05, 4.69) is 0 Å². The van der Waals surface area contributed by atoms with Gasteiger partial charge in [-0.25, -0.2) is 8.78 Å². The van der Waals surface area contributed by atoms with Crippen molar-refractivity contribution in [1.82, 2.24) is 0 Å². The third-order valence-electron chi connectivity index (χ3n) is 0.358. The topological polar surface area (TPSA) is 0 Å². The summed E-state index contributed by atoms with van der Waals surface area (Å²) < 4.78 is 22.3. The van der Waals surface area contributed by atoms with Crippen LogP contribution in [0.4, 0.5) is 8.78 Å². The van der Waals surface area contributed by atoms with Crippen LogP contribution in [0.5, 0.6) is 0 Å². The number of alkyl halides is 1. The van der Waals surface area contributed by atoms with Gasteiger partial charge in [-0.15, -0.1) is 0 Å². The smallest absolute Gasteiger partial charge is 0.110 e. The van der Waals surface area contributed by atoms with Gasteiger partial charge in [0.05, 0.1) is 5.83 Å². The van der Waals surface area contributed by atoms with Crippen molar-refractivity contribution >= 4 is 0 Å². The van der Waals surface area contributed by atoms with Crippen molar-refractivity contribution in [2.45, 2.75) is 6.92 Å². The molecule has 0 aromatic heterocycles. The van der Waals surface area contributed by atoms with Crippen LogP contribution >= 0.6 is 0 Å². The average Bonchev–Trinajstić information content (AvgIpc) is 1.35. The van der Waals surface area contributed by atoms with Gasteiger partial charge in [0.15, 0.2) is 0 Å². The maximum Gasteiger partial charge on any atom is 0.110 e. The number of rotatable bonds is 1. The fourth-order valence-electron chi connectivity index (χ4n) is 0.106. The first-order valence-electron chi connectivity index (χ1n) is 1.65. The van der Waals surface area contributed by atoms with Gasteiger partial charge in [0.25, 0.3) is 0 Å². The quantitative estimate of drug-likeness (QED) is 0.463. The zero-order valence-corrected chi connectivity index (χ0v) is 3.54. The van der Waals surface area contributed by atoms with Gasteiger partial charge in [0, 0.05) is 0 Å². The lowest BCUT2D eigenvalue weighted by Crippen LogP contribution is -1.62. The normalized spacial score (nSPS) is 12.2. The van der Waals surface area contributed by atoms with E-state index in [9.17, 15) is 8.78 Å². The molecule has 0 radical (unpaired) electrons. The summed E-state index contributed by atoms with van der Waals surface area (Å²) in [5.41, 5.74) is 0. The number of hydrogen-bond acceptors (Lipinski definition) is 0. The maximum absolute atomic E-state index is 11.3. The second kappa shape index (κ2) is 2.82. The van der Waals surface area contributed by atoms with Gasteiger partial charge < -0.3 is 0 Å². The molecule has 0 nitrogen and oxygen atoms in total. The van der Waals surface area contributed by atoms with E-state index in [-0.39, 0.29) is 0 Å². The van der Waals surface area contributed by atoms with Crippen molar-refractivity contribution in [3.8, 4) is 0 Å². The highest BCUT2D eigenvalue weighted by Crippen LogP contribution is 1.89. The van der Waals surface area contributed by atoms with Gasteiger partial charge in [-0.05, 0) is 13.0 Å². The van der Waals surface area contributed by atoms with Crippen LogP contribution in [0.25, 0.3) is 0 Å². The molecule has 2 heteroatoms. The summed E-state index contributed by atoms with van der Waals surface area (Å²) in [6, 6.07) is 0. The highest BCUT2D eigenvalue weighted by Gasteiger charge is 1.75. The molecule has 0 aliphatic heterocycles. The summed E-state index contributed by atoms with van der Waals surface area (Å²) in [4.78, 5) is 0. The monoisotopic (exact) mass is 92.0 g/mol. The minimum Gasteiger partial charge on any atom is -0.246 e. The van der Waals surface area contributed by atoms with Crippen LogP contribution in [0.3, 0.4) is 0 Å². The lowest BCUT2D eigenvalue weighted by Gasteiger charge is -1.73. The highest BCUT2D eigenvalue weighted by molar-refractivity contribution is 4.85. The third kappa shape index (κ3) is 3.60. The van der Waals surface area contributed by atoms with Crippen molar-refractivity contribution in [3.63, 3.8) is 0 Å². The second-order valence-electron chi connectivity index (χ2n) is 0.945. The molecule has 36 valence electrons. The zero-order chi connectivity index (χ0) is 4.99. The molecule has 0 bridgehead atoms. The second-order valence-corrected chi connectivity index (χ2v) is 0.945. The molecule has 0 N–H and O–H groups in total. The Labute approximate surface area is 35.5 Å². The van der Waals surface area contributed by atoms with E-state index in [1.54, 1.807) is 0 Å². The number of halogens is 2. The Kier molecular flexibility index (Phi) is 2.63. The molecular formula is C4H6F2. The van der Waals surface area contributed by atoms with Crippen LogP contribution in [0.2, 0.25) is 0 Å².